The average Bonchev–Trinajstić information content (AvgIpc) is 3.12. The summed E-state index contributed by atoms with van der Waals surface area (Å²) in [4.78, 5) is 29.1. The molecule has 0 spiro atoms. The van der Waals surface area contributed by atoms with Gasteiger partial charge < -0.3 is 4.90 Å². The molecule has 142 valence electrons. The molecule has 6 nitrogen and oxygen atoms in total. The van der Waals surface area contributed by atoms with Gasteiger partial charge in [-0.25, -0.2) is 9.82 Å². The second-order valence-electron chi connectivity index (χ2n) is 8.06. The molecular formula is C20H23FN4O2. The third-order valence-electron chi connectivity index (χ3n) is 6.70. The van der Waals surface area contributed by atoms with Crippen molar-refractivity contribution in [3.05, 3.63) is 35.6 Å². The van der Waals surface area contributed by atoms with Crippen LogP contribution in [-0.2, 0) is 9.59 Å². The predicted molar refractivity (Wildman–Crippen MR) is 97.5 cm³/mol. The van der Waals surface area contributed by atoms with Gasteiger partial charge in [-0.3, -0.25) is 14.5 Å². The van der Waals surface area contributed by atoms with Gasteiger partial charge in [-0.05, 0) is 49.5 Å². The minimum absolute atomic E-state index is 0.0524. The van der Waals surface area contributed by atoms with Crippen molar-refractivity contribution in [2.75, 3.05) is 19.6 Å². The van der Waals surface area contributed by atoms with Gasteiger partial charge in [0, 0.05) is 31.3 Å². The zero-order valence-electron chi connectivity index (χ0n) is 15.1. The summed E-state index contributed by atoms with van der Waals surface area (Å²) in [5.41, 5.74) is 3.98. The first-order valence-corrected chi connectivity index (χ1v) is 9.78. The quantitative estimate of drug-likeness (QED) is 0.858. The highest BCUT2D eigenvalue weighted by Gasteiger charge is 2.55. The molecule has 5 aliphatic heterocycles. The fraction of sp³-hybridized carbons (Fsp3) is 0.550. The van der Waals surface area contributed by atoms with E-state index in [9.17, 15) is 14.0 Å². The minimum Gasteiger partial charge on any atom is -0.332 e. The molecule has 5 aliphatic rings. The highest BCUT2D eigenvalue weighted by Crippen LogP contribution is 2.46. The fourth-order valence-corrected chi connectivity index (χ4v) is 5.45. The summed E-state index contributed by atoms with van der Waals surface area (Å²) in [5, 5.41) is 4.03. The van der Waals surface area contributed by atoms with E-state index in [0.717, 1.165) is 31.5 Å². The molecule has 2 bridgehead atoms. The summed E-state index contributed by atoms with van der Waals surface area (Å²) in [5.74, 6) is 0.259. The number of carbonyl (C=O) groups excluding carboxylic acids is 2. The van der Waals surface area contributed by atoms with Gasteiger partial charge in [0.15, 0.2) is 0 Å². The van der Waals surface area contributed by atoms with Crippen LogP contribution in [0.25, 0.3) is 0 Å². The summed E-state index contributed by atoms with van der Waals surface area (Å²) in [6.45, 7) is 2.77. The zero-order chi connectivity index (χ0) is 18.5. The van der Waals surface area contributed by atoms with Crippen LogP contribution in [-0.4, -0.2) is 59.0 Å². The van der Waals surface area contributed by atoms with Gasteiger partial charge in [-0.1, -0.05) is 12.1 Å². The van der Waals surface area contributed by atoms with E-state index in [1.807, 2.05) is 17.0 Å². The van der Waals surface area contributed by atoms with Crippen molar-refractivity contribution in [3.63, 3.8) is 0 Å². The van der Waals surface area contributed by atoms with E-state index < -0.39 is 0 Å². The number of carbonyl (C=O) groups is 2. The lowest BCUT2D eigenvalue weighted by Gasteiger charge is -2.51. The van der Waals surface area contributed by atoms with E-state index in [0.29, 0.717) is 31.0 Å². The number of rotatable bonds is 2. The largest absolute Gasteiger partial charge is 0.332 e. The third-order valence-corrected chi connectivity index (χ3v) is 6.70. The van der Waals surface area contributed by atoms with Crippen molar-refractivity contribution in [2.45, 2.75) is 43.7 Å². The molecule has 5 heterocycles. The van der Waals surface area contributed by atoms with Crippen molar-refractivity contribution >= 4 is 17.5 Å². The minimum atomic E-state index is -0.237. The smallest absolute Gasteiger partial charge is 0.270 e. The van der Waals surface area contributed by atoms with Crippen LogP contribution < -0.4 is 5.43 Å². The standard InChI is InChI=1S/C20H23FN4O2/c21-14-3-1-12(2-4-14)15-11-25(20(27)16-5-6-17(26)23-22-16)18-13-7-9-24(10-8-13)19(15)18/h1-4,13,15,18-19H,5-11H2,(H,23,26)/t15-,18+,19+/m0/s1. The zero-order valence-corrected chi connectivity index (χ0v) is 15.1. The SMILES string of the molecule is O=C1CCC(C(=O)N2C[C@@H](c3ccc(F)cc3)[C@@H]3[C@H]2C2CCN3CC2)=NN1. The lowest BCUT2D eigenvalue weighted by atomic mass is 9.75. The maximum absolute atomic E-state index is 13.4. The molecule has 4 saturated heterocycles. The Morgan fingerprint density at radius 1 is 1.11 bits per heavy atom. The van der Waals surface area contributed by atoms with E-state index >= 15 is 0 Å². The number of piperidine rings is 3. The number of hydrogen-bond acceptors (Lipinski definition) is 4. The third kappa shape index (κ3) is 2.76. The second kappa shape index (κ2) is 6.41. The molecule has 0 saturated carbocycles. The Kier molecular flexibility index (Phi) is 4.00. The van der Waals surface area contributed by atoms with Crippen molar-refractivity contribution < 1.29 is 14.0 Å². The van der Waals surface area contributed by atoms with Crippen molar-refractivity contribution in [3.8, 4) is 0 Å². The van der Waals surface area contributed by atoms with E-state index in [1.165, 1.54) is 12.1 Å². The molecule has 7 heteroatoms. The molecule has 1 aromatic carbocycles. The first-order valence-electron chi connectivity index (χ1n) is 9.78. The van der Waals surface area contributed by atoms with Crippen molar-refractivity contribution in [1.29, 1.82) is 0 Å². The molecule has 2 amide bonds. The predicted octanol–water partition coefficient (Wildman–Crippen LogP) is 1.48. The molecule has 3 atom stereocenters. The van der Waals surface area contributed by atoms with Gasteiger partial charge in [0.1, 0.15) is 11.5 Å². The lowest BCUT2D eigenvalue weighted by molar-refractivity contribution is -0.129. The number of halogens is 1. The number of likely N-dealkylation sites (tertiary alicyclic amines) is 1. The summed E-state index contributed by atoms with van der Waals surface area (Å²) in [7, 11) is 0. The van der Waals surface area contributed by atoms with Gasteiger partial charge in [0.25, 0.3) is 5.91 Å². The lowest BCUT2D eigenvalue weighted by Crippen LogP contribution is -2.61. The highest BCUT2D eigenvalue weighted by molar-refractivity contribution is 6.39. The number of fused-ring (bicyclic) bond motifs is 2. The van der Waals surface area contributed by atoms with Gasteiger partial charge in [0.2, 0.25) is 5.91 Å². The molecular weight excluding hydrogens is 347 g/mol. The molecule has 0 radical (unpaired) electrons. The Morgan fingerprint density at radius 3 is 2.52 bits per heavy atom. The Bertz CT molecular complexity index is 801. The van der Waals surface area contributed by atoms with Crippen LogP contribution in [0.4, 0.5) is 4.39 Å². The highest BCUT2D eigenvalue weighted by atomic mass is 19.1. The van der Waals surface area contributed by atoms with E-state index in [2.05, 4.69) is 15.4 Å². The fourth-order valence-electron chi connectivity index (χ4n) is 5.45. The molecule has 1 N–H and O–H groups in total. The number of hydrogen-bond donors (Lipinski definition) is 1. The molecule has 0 aliphatic carbocycles. The van der Waals surface area contributed by atoms with Crippen molar-refractivity contribution in [2.24, 2.45) is 11.0 Å². The molecule has 6 rings (SSSR count). The average molecular weight is 370 g/mol. The molecule has 4 fully saturated rings. The number of nitrogens with zero attached hydrogens (tertiary/aromatic N) is 3. The van der Waals surface area contributed by atoms with Crippen LogP contribution >= 0.6 is 0 Å². The number of nitrogens with one attached hydrogen (secondary N) is 1. The van der Waals surface area contributed by atoms with Crippen LogP contribution in [0.2, 0.25) is 0 Å². The first kappa shape index (κ1) is 16.9. The van der Waals surface area contributed by atoms with Gasteiger partial charge in [0.05, 0.1) is 6.04 Å². The van der Waals surface area contributed by atoms with Crippen LogP contribution in [0.1, 0.15) is 37.2 Å². The second-order valence-corrected chi connectivity index (χ2v) is 8.06. The van der Waals surface area contributed by atoms with Gasteiger partial charge >= 0.3 is 0 Å². The van der Waals surface area contributed by atoms with Crippen LogP contribution in [0.3, 0.4) is 0 Å². The summed E-state index contributed by atoms with van der Waals surface area (Å²) in [6, 6.07) is 7.18. The normalized spacial score (nSPS) is 34.9. The van der Waals surface area contributed by atoms with Crippen molar-refractivity contribution in [1.82, 2.24) is 15.2 Å². The first-order chi connectivity index (χ1) is 13.1. The topological polar surface area (TPSA) is 65.0 Å². The maximum atomic E-state index is 13.4. The van der Waals surface area contributed by atoms with E-state index in [4.69, 9.17) is 0 Å². The maximum Gasteiger partial charge on any atom is 0.270 e. The Labute approximate surface area is 157 Å². The summed E-state index contributed by atoms with van der Waals surface area (Å²) < 4.78 is 13.4. The summed E-state index contributed by atoms with van der Waals surface area (Å²) in [6.07, 6.45) is 2.94. The summed E-state index contributed by atoms with van der Waals surface area (Å²) >= 11 is 0. The Balaban J connectivity index is 1.48. The monoisotopic (exact) mass is 370 g/mol. The molecule has 1 aromatic rings. The Hall–Kier alpha value is -2.28. The van der Waals surface area contributed by atoms with Crippen LogP contribution in [0, 0.1) is 11.7 Å². The number of benzene rings is 1. The molecule has 0 unspecified atom stereocenters. The van der Waals surface area contributed by atoms with Gasteiger partial charge in [-0.15, -0.1) is 0 Å². The Morgan fingerprint density at radius 2 is 1.85 bits per heavy atom. The van der Waals surface area contributed by atoms with Crippen LogP contribution in [0.15, 0.2) is 29.4 Å². The van der Waals surface area contributed by atoms with Gasteiger partial charge in [-0.2, -0.15) is 5.10 Å². The van der Waals surface area contributed by atoms with E-state index in [-0.39, 0.29) is 35.6 Å². The van der Waals surface area contributed by atoms with E-state index in [1.54, 1.807) is 0 Å². The number of amides is 2. The molecule has 27 heavy (non-hydrogen) atoms. The number of hydrazone groups is 1. The molecule has 0 aromatic heterocycles. The van der Waals surface area contributed by atoms with Crippen LogP contribution in [0.5, 0.6) is 0 Å².